The van der Waals surface area contributed by atoms with Gasteiger partial charge in [-0.1, -0.05) is 31.9 Å². The van der Waals surface area contributed by atoms with Gasteiger partial charge in [-0.25, -0.2) is 0 Å². The van der Waals surface area contributed by atoms with E-state index in [0.29, 0.717) is 23.1 Å². The summed E-state index contributed by atoms with van der Waals surface area (Å²) in [5, 5.41) is 3.36. The van der Waals surface area contributed by atoms with E-state index in [9.17, 15) is 4.79 Å². The maximum Gasteiger partial charge on any atom is 0.276 e. The van der Waals surface area contributed by atoms with E-state index < -0.39 is 0 Å². The van der Waals surface area contributed by atoms with Gasteiger partial charge < -0.3 is 14.5 Å². The summed E-state index contributed by atoms with van der Waals surface area (Å²) in [6.07, 6.45) is 6.78. The second kappa shape index (κ2) is 8.67. The van der Waals surface area contributed by atoms with E-state index in [0.717, 1.165) is 24.3 Å². The Balaban J connectivity index is 1.62. The summed E-state index contributed by atoms with van der Waals surface area (Å²) in [7, 11) is 0. The molecule has 26 heavy (non-hydrogen) atoms. The summed E-state index contributed by atoms with van der Waals surface area (Å²) < 4.78 is 11.0. The maximum atomic E-state index is 12.6. The van der Waals surface area contributed by atoms with Crippen molar-refractivity contribution in [3.63, 3.8) is 0 Å². The molecule has 2 aromatic rings. The fraction of sp³-hybridized carbons (Fsp3) is 0.300. The van der Waals surface area contributed by atoms with E-state index in [2.05, 4.69) is 12.2 Å². The molecule has 136 valence electrons. The molecule has 1 aromatic heterocycles. The number of nitrogens with one attached hydrogen (secondary N) is 1. The molecule has 1 saturated heterocycles. The quantitative estimate of drug-likeness (QED) is 0.431. The number of carbonyl (C=O) groups excluding carboxylic acids is 1. The summed E-state index contributed by atoms with van der Waals surface area (Å²) in [6.45, 7) is 3.21. The molecule has 5 nitrogen and oxygen atoms in total. The number of thiocarbonyl (C=S) groups is 1. The van der Waals surface area contributed by atoms with Crippen LogP contribution in [0.2, 0.25) is 0 Å². The first-order valence-corrected chi connectivity index (χ1v) is 9.18. The highest BCUT2D eigenvalue weighted by Crippen LogP contribution is 2.19. The Bertz CT molecular complexity index is 782. The van der Waals surface area contributed by atoms with E-state index in [-0.39, 0.29) is 5.91 Å². The number of rotatable bonds is 8. The molecule has 0 unspecified atom stereocenters. The summed E-state index contributed by atoms with van der Waals surface area (Å²) in [5.74, 6) is 1.36. The number of furan rings is 1. The summed E-state index contributed by atoms with van der Waals surface area (Å²) in [6, 6.07) is 11.3. The minimum absolute atomic E-state index is 0.161. The number of benzene rings is 1. The van der Waals surface area contributed by atoms with Crippen molar-refractivity contribution < 1.29 is 13.9 Å². The molecule has 2 heterocycles. The van der Waals surface area contributed by atoms with Crippen LogP contribution < -0.4 is 10.1 Å². The van der Waals surface area contributed by atoms with Crippen LogP contribution in [0, 0.1) is 0 Å². The molecule has 0 atom stereocenters. The van der Waals surface area contributed by atoms with Gasteiger partial charge in [0.05, 0.1) is 19.4 Å². The molecule has 0 aliphatic carbocycles. The first kappa shape index (κ1) is 18.2. The molecule has 1 aromatic carbocycles. The molecular formula is C20H22N2O3S. The van der Waals surface area contributed by atoms with Crippen LogP contribution in [0.25, 0.3) is 6.08 Å². The Morgan fingerprint density at radius 3 is 2.73 bits per heavy atom. The Labute approximate surface area is 158 Å². The zero-order valence-corrected chi connectivity index (χ0v) is 15.6. The van der Waals surface area contributed by atoms with Gasteiger partial charge in [0, 0.05) is 0 Å². The number of nitrogens with zero attached hydrogens (tertiary/aromatic N) is 1. The molecule has 3 rings (SSSR count). The van der Waals surface area contributed by atoms with Gasteiger partial charge in [-0.3, -0.25) is 9.69 Å². The normalized spacial score (nSPS) is 15.6. The Morgan fingerprint density at radius 1 is 1.23 bits per heavy atom. The number of hydrogen-bond acceptors (Lipinski definition) is 4. The Kier molecular flexibility index (Phi) is 6.07. The molecule has 0 bridgehead atoms. The van der Waals surface area contributed by atoms with Crippen molar-refractivity contribution >= 4 is 29.3 Å². The number of carbonyl (C=O) groups is 1. The van der Waals surface area contributed by atoms with Crippen LogP contribution >= 0.6 is 12.2 Å². The Hall–Kier alpha value is -2.60. The van der Waals surface area contributed by atoms with Gasteiger partial charge in [-0.05, 0) is 54.5 Å². The lowest BCUT2D eigenvalue weighted by Crippen LogP contribution is -2.29. The fourth-order valence-corrected chi connectivity index (χ4v) is 2.90. The van der Waals surface area contributed by atoms with Gasteiger partial charge in [0.1, 0.15) is 17.2 Å². The lowest BCUT2D eigenvalue weighted by Gasteiger charge is -2.11. The second-order valence-corrected chi connectivity index (χ2v) is 6.47. The molecule has 1 fully saturated rings. The molecule has 0 saturated carbocycles. The third-order valence-electron chi connectivity index (χ3n) is 4.06. The minimum Gasteiger partial charge on any atom is -0.494 e. The van der Waals surface area contributed by atoms with Crippen LogP contribution in [0.5, 0.6) is 5.75 Å². The van der Waals surface area contributed by atoms with Gasteiger partial charge >= 0.3 is 0 Å². The number of unbranched alkanes of at least 4 members (excludes halogenated alkanes) is 2. The molecule has 0 radical (unpaired) electrons. The molecule has 1 aliphatic rings. The molecule has 1 N–H and O–H groups in total. The van der Waals surface area contributed by atoms with Crippen molar-refractivity contribution in [3.05, 3.63) is 59.7 Å². The highest BCUT2D eigenvalue weighted by atomic mass is 32.1. The predicted molar refractivity (Wildman–Crippen MR) is 104 cm³/mol. The Morgan fingerprint density at radius 2 is 2.04 bits per heavy atom. The van der Waals surface area contributed by atoms with Crippen LogP contribution in [0.1, 0.15) is 37.5 Å². The molecular weight excluding hydrogens is 348 g/mol. The van der Waals surface area contributed by atoms with Crippen molar-refractivity contribution in [1.29, 1.82) is 0 Å². The van der Waals surface area contributed by atoms with Gasteiger partial charge in [0.2, 0.25) is 0 Å². The van der Waals surface area contributed by atoms with Crippen molar-refractivity contribution in [3.8, 4) is 5.75 Å². The highest BCUT2D eigenvalue weighted by molar-refractivity contribution is 7.80. The van der Waals surface area contributed by atoms with Crippen LogP contribution in [0.15, 0.2) is 52.8 Å². The zero-order valence-electron chi connectivity index (χ0n) is 14.7. The second-order valence-electron chi connectivity index (χ2n) is 6.08. The third-order valence-corrected chi connectivity index (χ3v) is 4.39. The predicted octanol–water partition coefficient (Wildman–Crippen LogP) is 4.11. The highest BCUT2D eigenvalue weighted by Gasteiger charge is 2.31. The first-order chi connectivity index (χ1) is 12.7. The molecule has 1 amide bonds. The lowest BCUT2D eigenvalue weighted by atomic mass is 10.2. The van der Waals surface area contributed by atoms with Crippen LogP contribution in [0.3, 0.4) is 0 Å². The fourth-order valence-electron chi connectivity index (χ4n) is 2.64. The molecule has 6 heteroatoms. The summed E-state index contributed by atoms with van der Waals surface area (Å²) >= 11 is 5.27. The lowest BCUT2D eigenvalue weighted by molar-refractivity contribution is -0.122. The number of amides is 1. The number of ether oxygens (including phenoxy) is 1. The van der Waals surface area contributed by atoms with Crippen LogP contribution in [0.4, 0.5) is 0 Å². The van der Waals surface area contributed by atoms with Gasteiger partial charge in [0.25, 0.3) is 5.91 Å². The topological polar surface area (TPSA) is 54.7 Å². The monoisotopic (exact) mass is 370 g/mol. The van der Waals surface area contributed by atoms with E-state index >= 15 is 0 Å². The van der Waals surface area contributed by atoms with Crippen LogP contribution in [-0.2, 0) is 11.3 Å². The van der Waals surface area contributed by atoms with Crippen LogP contribution in [-0.4, -0.2) is 22.5 Å². The smallest absolute Gasteiger partial charge is 0.276 e. The SMILES string of the molecule is CCCCCOc1ccc(/C=C2/NC(=S)N(Cc3ccco3)C2=O)cc1. The summed E-state index contributed by atoms with van der Waals surface area (Å²) in [5.41, 5.74) is 1.36. The standard InChI is InChI=1S/C20H22N2O3S/c1-2-3-4-11-24-16-9-7-15(8-10-16)13-18-19(23)22(20(26)21-18)14-17-6-5-12-25-17/h5-10,12-13H,2-4,11,14H2,1H3,(H,21,26)/b18-13+. The van der Waals surface area contributed by atoms with E-state index in [1.165, 1.54) is 17.7 Å². The first-order valence-electron chi connectivity index (χ1n) is 8.77. The van der Waals surface area contributed by atoms with Crippen molar-refractivity contribution in [2.75, 3.05) is 6.61 Å². The molecule has 1 aliphatic heterocycles. The largest absolute Gasteiger partial charge is 0.494 e. The maximum absolute atomic E-state index is 12.6. The average molecular weight is 370 g/mol. The van der Waals surface area contributed by atoms with Crippen molar-refractivity contribution in [1.82, 2.24) is 10.2 Å². The third kappa shape index (κ3) is 4.52. The van der Waals surface area contributed by atoms with E-state index in [4.69, 9.17) is 21.4 Å². The van der Waals surface area contributed by atoms with E-state index in [1.54, 1.807) is 18.4 Å². The van der Waals surface area contributed by atoms with Gasteiger partial charge in [-0.15, -0.1) is 0 Å². The van der Waals surface area contributed by atoms with Crippen molar-refractivity contribution in [2.24, 2.45) is 0 Å². The van der Waals surface area contributed by atoms with Crippen molar-refractivity contribution in [2.45, 2.75) is 32.7 Å². The number of hydrogen-bond donors (Lipinski definition) is 1. The molecule has 0 spiro atoms. The zero-order chi connectivity index (χ0) is 18.4. The minimum atomic E-state index is -0.161. The summed E-state index contributed by atoms with van der Waals surface area (Å²) in [4.78, 5) is 14.0. The van der Waals surface area contributed by atoms with Gasteiger partial charge in [-0.2, -0.15) is 0 Å². The average Bonchev–Trinajstić information content (AvgIpc) is 3.24. The van der Waals surface area contributed by atoms with Gasteiger partial charge in [0.15, 0.2) is 5.11 Å². The van der Waals surface area contributed by atoms with E-state index in [1.807, 2.05) is 30.3 Å².